The van der Waals surface area contributed by atoms with Crippen molar-refractivity contribution in [2.45, 2.75) is 117 Å². The summed E-state index contributed by atoms with van der Waals surface area (Å²) in [6, 6.07) is 20.3. The summed E-state index contributed by atoms with van der Waals surface area (Å²) in [5, 5.41) is 31.2. The third-order valence-electron chi connectivity index (χ3n) is 16.2. The molecule has 4 aliphatic rings. The molecular weight excluding hydrogens is 1020 g/mol. The van der Waals surface area contributed by atoms with Crippen LogP contribution < -0.4 is 26.4 Å². The second-order valence-corrected chi connectivity index (χ2v) is 24.4. The van der Waals surface area contributed by atoms with Crippen LogP contribution in [-0.2, 0) is 33.1 Å². The first-order valence-electron chi connectivity index (χ1n) is 27.8. The fraction of sp³-hybridized carbons (Fsp3) is 0.492. The summed E-state index contributed by atoms with van der Waals surface area (Å²) < 4.78 is 3.16. The number of amides is 3. The molecule has 3 saturated heterocycles. The quantitative estimate of drug-likeness (QED) is 0.0664. The highest BCUT2D eigenvalue weighted by molar-refractivity contribution is 7.13. The Morgan fingerprint density at radius 1 is 0.886 bits per heavy atom. The lowest BCUT2D eigenvalue weighted by Crippen LogP contribution is -2.59. The summed E-state index contributed by atoms with van der Waals surface area (Å²) in [6.07, 6.45) is 5.87. The molecule has 7 heterocycles. The minimum absolute atomic E-state index is 0.0369. The fourth-order valence-corrected chi connectivity index (χ4v) is 12.5. The number of carbonyl (C=O) groups excluding carboxylic acids is 3. The van der Waals surface area contributed by atoms with Gasteiger partial charge < -0.3 is 36.0 Å². The van der Waals surface area contributed by atoms with E-state index in [2.05, 4.69) is 64.3 Å². The third kappa shape index (κ3) is 12.3. The zero-order chi connectivity index (χ0) is 55.8. The van der Waals surface area contributed by atoms with Gasteiger partial charge in [-0.25, -0.2) is 24.3 Å². The Labute approximate surface area is 465 Å². The molecule has 0 spiro atoms. The number of likely N-dealkylation sites (tertiary alicyclic amines) is 2. The second kappa shape index (κ2) is 23.1. The van der Waals surface area contributed by atoms with Gasteiger partial charge in [0.25, 0.3) is 5.56 Å². The molecule has 418 valence electrons. The maximum Gasteiger partial charge on any atom is 0.278 e. The number of pyridine rings is 1. The molecule has 19 nitrogen and oxygen atoms in total. The SMILES string of the molecule is C=CCn1c(=O)c2cnc(Nc3ccc(N4CCN(CC5CN(C6CCC(C(=O)N[C@H](C(=O)N7C[C@H](O)C[C@H]7C(=O)NCc7ccc(-c8scnc8C)cc7)C(C)(C)C)CC6)C5)CC4)cc3)nc2n1-c1cccc(C(C)(C)O)n1. The number of rotatable bonds is 17. The predicted molar refractivity (Wildman–Crippen MR) is 307 cm³/mol. The molecule has 2 aromatic carbocycles. The Hall–Kier alpha value is -6.84. The summed E-state index contributed by atoms with van der Waals surface area (Å²) in [6.45, 7) is 22.5. The first kappa shape index (κ1) is 55.5. The minimum Gasteiger partial charge on any atom is -0.391 e. The van der Waals surface area contributed by atoms with E-state index in [0.717, 1.165) is 105 Å². The number of anilines is 3. The Kier molecular flexibility index (Phi) is 16.2. The molecule has 4 aromatic heterocycles. The number of benzene rings is 2. The topological polar surface area (TPSA) is 219 Å². The number of aliphatic hydroxyl groups excluding tert-OH is 1. The number of piperazine rings is 1. The number of nitrogens with zero attached hydrogens (tertiary/aromatic N) is 10. The number of carbonyl (C=O) groups is 3. The Bertz CT molecular complexity index is 3210. The molecule has 6 aromatic rings. The fourth-order valence-electron chi connectivity index (χ4n) is 11.7. The van der Waals surface area contributed by atoms with Gasteiger partial charge in [0.05, 0.1) is 34.4 Å². The average Bonchev–Trinajstić information content (AvgIpc) is 4.36. The van der Waals surface area contributed by atoms with Crippen molar-refractivity contribution in [2.75, 3.05) is 62.6 Å². The van der Waals surface area contributed by atoms with E-state index in [0.29, 0.717) is 40.5 Å². The zero-order valence-corrected chi connectivity index (χ0v) is 47.1. The molecule has 5 N–H and O–H groups in total. The Balaban J connectivity index is 0.658. The van der Waals surface area contributed by atoms with E-state index in [4.69, 9.17) is 4.98 Å². The Morgan fingerprint density at radius 2 is 1.61 bits per heavy atom. The van der Waals surface area contributed by atoms with Crippen LogP contribution in [0, 0.1) is 24.2 Å². The van der Waals surface area contributed by atoms with Gasteiger partial charge in [-0.15, -0.1) is 17.9 Å². The summed E-state index contributed by atoms with van der Waals surface area (Å²) >= 11 is 1.59. The summed E-state index contributed by atoms with van der Waals surface area (Å²) in [4.78, 5) is 83.8. The van der Waals surface area contributed by atoms with Crippen LogP contribution in [0.3, 0.4) is 0 Å². The lowest BCUT2D eigenvalue weighted by Gasteiger charge is -2.48. The van der Waals surface area contributed by atoms with Gasteiger partial charge in [-0.05, 0) is 105 Å². The van der Waals surface area contributed by atoms with E-state index >= 15 is 0 Å². The number of nitrogens with one attached hydrogen (secondary N) is 3. The van der Waals surface area contributed by atoms with E-state index in [1.807, 2.05) is 69.6 Å². The van der Waals surface area contributed by atoms with Crippen LogP contribution in [-0.4, -0.2) is 149 Å². The highest BCUT2D eigenvalue weighted by Crippen LogP contribution is 2.34. The van der Waals surface area contributed by atoms with Gasteiger partial charge in [0.1, 0.15) is 23.1 Å². The number of thiazole rings is 1. The third-order valence-corrected chi connectivity index (χ3v) is 17.2. The average molecular weight is 1090 g/mol. The van der Waals surface area contributed by atoms with Crippen LogP contribution in [0.15, 0.2) is 95.9 Å². The van der Waals surface area contributed by atoms with Gasteiger partial charge in [0, 0.05) is 94.9 Å². The molecule has 1 saturated carbocycles. The predicted octanol–water partition coefficient (Wildman–Crippen LogP) is 5.99. The van der Waals surface area contributed by atoms with Crippen molar-refractivity contribution in [3.05, 3.63) is 118 Å². The number of aliphatic hydroxyl groups is 2. The van der Waals surface area contributed by atoms with Crippen LogP contribution >= 0.6 is 11.3 Å². The van der Waals surface area contributed by atoms with E-state index in [-0.39, 0.29) is 55.3 Å². The number of β-amino-alcohol motifs (C(OH)–C–C–N with tert-alkyl or cyclic N) is 1. The molecule has 10 rings (SSSR count). The van der Waals surface area contributed by atoms with Gasteiger partial charge in [0.15, 0.2) is 11.5 Å². The monoisotopic (exact) mass is 1090 g/mol. The summed E-state index contributed by atoms with van der Waals surface area (Å²) in [5.41, 5.74) is 5.53. The zero-order valence-electron chi connectivity index (χ0n) is 46.3. The normalized spacial score (nSPS) is 21.0. The maximum absolute atomic E-state index is 14.3. The van der Waals surface area contributed by atoms with Crippen molar-refractivity contribution >= 4 is 57.4 Å². The van der Waals surface area contributed by atoms with E-state index < -0.39 is 29.2 Å². The van der Waals surface area contributed by atoms with Gasteiger partial charge >= 0.3 is 0 Å². The van der Waals surface area contributed by atoms with Gasteiger partial charge in [-0.3, -0.25) is 29.0 Å². The van der Waals surface area contributed by atoms with Gasteiger partial charge in [0.2, 0.25) is 23.7 Å². The number of fused-ring (bicyclic) bond motifs is 1. The number of allylic oxidation sites excluding steroid dienone is 1. The maximum atomic E-state index is 14.3. The van der Waals surface area contributed by atoms with Crippen LogP contribution in [0.5, 0.6) is 0 Å². The molecule has 20 heteroatoms. The number of aromatic nitrogens is 6. The first-order valence-corrected chi connectivity index (χ1v) is 28.6. The molecule has 1 aliphatic carbocycles. The lowest BCUT2D eigenvalue weighted by molar-refractivity contribution is -0.144. The Morgan fingerprint density at radius 3 is 2.27 bits per heavy atom. The molecule has 3 aliphatic heterocycles. The van der Waals surface area contributed by atoms with Crippen molar-refractivity contribution in [2.24, 2.45) is 17.3 Å². The van der Waals surface area contributed by atoms with E-state index in [1.54, 1.807) is 54.1 Å². The molecule has 3 amide bonds. The smallest absolute Gasteiger partial charge is 0.278 e. The highest BCUT2D eigenvalue weighted by atomic mass is 32.1. The van der Waals surface area contributed by atoms with Crippen LogP contribution in [0.2, 0.25) is 0 Å². The summed E-state index contributed by atoms with van der Waals surface area (Å²) in [5.74, 6) is 0.421. The number of aryl methyl sites for hydroxylation is 1. The van der Waals surface area contributed by atoms with Crippen molar-refractivity contribution in [1.29, 1.82) is 0 Å². The largest absolute Gasteiger partial charge is 0.391 e. The minimum atomic E-state index is -1.18. The van der Waals surface area contributed by atoms with E-state index in [1.165, 1.54) is 15.8 Å². The molecule has 3 atom stereocenters. The standard InChI is InChI=1S/C59H75N13O6S/c1-8-24-71-55(76)46-31-61-57(66-52(46)72(71)49-11-9-10-48(64-49)59(6,7)78)63-42-18-22-43(23-19-42)68-27-25-67(26-28-68)32-39-33-69(34-39)44-20-16-41(17-21-44)53(74)65-51(58(3,4)5)56(77)70-35-45(73)29-47(70)54(75)60-30-38-12-14-40(15-13-38)50-37(2)62-36-79-50/h8-15,18-19,22-23,31,36,39,41,44-45,47,51,73,78H,1,16-17,20-21,24-30,32-35H2,2-7H3,(H,60,75)(H,65,74)(H,61,63,66)/t41?,44?,45-,47+,51-/m1/s1. The molecule has 0 radical (unpaired) electrons. The summed E-state index contributed by atoms with van der Waals surface area (Å²) in [7, 11) is 0. The number of hydrogen-bond donors (Lipinski definition) is 5. The highest BCUT2D eigenvalue weighted by Gasteiger charge is 2.45. The second-order valence-electron chi connectivity index (χ2n) is 23.5. The number of hydrogen-bond acceptors (Lipinski definition) is 15. The molecule has 4 fully saturated rings. The van der Waals surface area contributed by atoms with Gasteiger partial charge in [-0.1, -0.05) is 57.2 Å². The van der Waals surface area contributed by atoms with Crippen LogP contribution in [0.1, 0.15) is 83.7 Å². The first-order chi connectivity index (χ1) is 37.8. The molecule has 0 unspecified atom stereocenters. The van der Waals surface area contributed by atoms with Crippen molar-refractivity contribution in [1.82, 2.24) is 54.6 Å². The molecule has 0 bridgehead atoms. The molecular formula is C59H75N13O6S. The van der Waals surface area contributed by atoms with Crippen LogP contribution in [0.4, 0.5) is 17.3 Å². The van der Waals surface area contributed by atoms with Crippen molar-refractivity contribution < 1.29 is 24.6 Å². The lowest BCUT2D eigenvalue weighted by atomic mass is 9.81. The van der Waals surface area contributed by atoms with Gasteiger partial charge in [-0.2, -0.15) is 4.98 Å². The van der Waals surface area contributed by atoms with Crippen molar-refractivity contribution in [3.63, 3.8) is 0 Å². The van der Waals surface area contributed by atoms with Crippen LogP contribution in [0.25, 0.3) is 27.3 Å². The molecule has 79 heavy (non-hydrogen) atoms. The van der Waals surface area contributed by atoms with E-state index in [9.17, 15) is 29.4 Å². The van der Waals surface area contributed by atoms with Crippen molar-refractivity contribution in [3.8, 4) is 16.3 Å².